The van der Waals surface area contributed by atoms with Crippen LogP contribution >= 0.6 is 0 Å². The van der Waals surface area contributed by atoms with E-state index in [1.165, 1.54) is 0 Å². The van der Waals surface area contributed by atoms with Crippen LogP contribution < -0.4 is 5.69 Å². The lowest BCUT2D eigenvalue weighted by Gasteiger charge is -2.34. The average molecular weight is 318 g/mol. The number of imidazole rings is 1. The first-order valence-electron chi connectivity index (χ1n) is 7.52. The molecule has 0 saturated carbocycles. The minimum absolute atomic E-state index is 0.158. The van der Waals surface area contributed by atoms with Gasteiger partial charge in [0.05, 0.1) is 23.2 Å². The van der Waals surface area contributed by atoms with Gasteiger partial charge in [-0.3, -0.25) is 4.79 Å². The quantitative estimate of drug-likeness (QED) is 0.854. The van der Waals surface area contributed by atoms with Crippen molar-refractivity contribution in [1.29, 1.82) is 0 Å². The van der Waals surface area contributed by atoms with Crippen molar-refractivity contribution < 1.29 is 14.3 Å². The lowest BCUT2D eigenvalue weighted by Crippen LogP contribution is -2.50. The number of benzene rings is 1. The number of aromatic amines is 2. The normalized spacial score (nSPS) is 15.0. The Kier molecular flexibility index (Phi) is 4.05. The standard InChI is InChI=1S/C15H18N4O4/c1-2-23-15(22)19-8-6-18(7-9-19)13(20)10-4-3-5-11-12(10)17-14(21)16-11/h3-5H,2,6-9H2,1H3,(H2,16,17,21). The molecule has 1 aliphatic heterocycles. The molecule has 3 rings (SSSR count). The summed E-state index contributed by atoms with van der Waals surface area (Å²) in [6, 6.07) is 5.16. The number of nitrogens with one attached hydrogen (secondary N) is 2. The summed E-state index contributed by atoms with van der Waals surface area (Å²) in [5, 5.41) is 0. The molecule has 122 valence electrons. The van der Waals surface area contributed by atoms with E-state index in [0.717, 1.165) is 0 Å². The molecule has 2 heterocycles. The minimum atomic E-state index is -0.350. The summed E-state index contributed by atoms with van der Waals surface area (Å²) in [4.78, 5) is 44.3. The predicted octanol–water partition coefficient (Wildman–Crippen LogP) is 0.771. The van der Waals surface area contributed by atoms with Crippen LogP contribution in [0.2, 0.25) is 0 Å². The number of para-hydroxylation sites is 1. The van der Waals surface area contributed by atoms with Crippen LogP contribution in [0, 0.1) is 0 Å². The molecule has 0 radical (unpaired) electrons. The average Bonchev–Trinajstić information content (AvgIpc) is 2.94. The van der Waals surface area contributed by atoms with E-state index in [0.29, 0.717) is 49.4 Å². The largest absolute Gasteiger partial charge is 0.450 e. The molecule has 8 heteroatoms. The maximum absolute atomic E-state index is 12.7. The Hall–Kier alpha value is -2.77. The zero-order chi connectivity index (χ0) is 16.4. The first-order chi connectivity index (χ1) is 11.1. The predicted molar refractivity (Wildman–Crippen MR) is 83.4 cm³/mol. The highest BCUT2D eigenvalue weighted by atomic mass is 16.6. The summed E-state index contributed by atoms with van der Waals surface area (Å²) >= 11 is 0. The monoisotopic (exact) mass is 318 g/mol. The van der Waals surface area contributed by atoms with E-state index in [1.807, 2.05) is 0 Å². The number of H-pyrrole nitrogens is 2. The van der Waals surface area contributed by atoms with E-state index in [1.54, 1.807) is 34.9 Å². The third-order valence-electron chi connectivity index (χ3n) is 3.87. The Balaban J connectivity index is 1.74. The summed E-state index contributed by atoms with van der Waals surface area (Å²) in [6.45, 7) is 3.83. The van der Waals surface area contributed by atoms with Gasteiger partial charge in [-0.2, -0.15) is 0 Å². The third-order valence-corrected chi connectivity index (χ3v) is 3.87. The van der Waals surface area contributed by atoms with Crippen molar-refractivity contribution >= 4 is 23.0 Å². The summed E-state index contributed by atoms with van der Waals surface area (Å²) < 4.78 is 4.96. The highest BCUT2D eigenvalue weighted by molar-refractivity contribution is 6.04. The Bertz CT molecular complexity index is 786. The number of hydrogen-bond acceptors (Lipinski definition) is 4. The van der Waals surface area contributed by atoms with Gasteiger partial charge in [0, 0.05) is 26.2 Å². The number of fused-ring (bicyclic) bond motifs is 1. The molecule has 2 aromatic rings. The fourth-order valence-electron chi connectivity index (χ4n) is 2.71. The number of ether oxygens (including phenoxy) is 1. The highest BCUT2D eigenvalue weighted by Gasteiger charge is 2.26. The second-order valence-corrected chi connectivity index (χ2v) is 5.29. The van der Waals surface area contributed by atoms with Crippen molar-refractivity contribution in [3.8, 4) is 0 Å². The molecule has 8 nitrogen and oxygen atoms in total. The van der Waals surface area contributed by atoms with Gasteiger partial charge in [-0.1, -0.05) is 6.07 Å². The topological polar surface area (TPSA) is 98.5 Å². The van der Waals surface area contributed by atoms with E-state index in [4.69, 9.17) is 4.74 Å². The number of aromatic nitrogens is 2. The summed E-state index contributed by atoms with van der Waals surface area (Å²) in [5.74, 6) is -0.158. The zero-order valence-corrected chi connectivity index (χ0v) is 12.8. The lowest BCUT2D eigenvalue weighted by atomic mass is 10.1. The lowest BCUT2D eigenvalue weighted by molar-refractivity contribution is 0.0572. The number of piperazine rings is 1. The zero-order valence-electron chi connectivity index (χ0n) is 12.8. The molecule has 1 aromatic carbocycles. The Morgan fingerprint density at radius 2 is 1.83 bits per heavy atom. The van der Waals surface area contributed by atoms with Crippen molar-refractivity contribution in [2.45, 2.75) is 6.92 Å². The number of amides is 2. The van der Waals surface area contributed by atoms with Gasteiger partial charge >= 0.3 is 11.8 Å². The van der Waals surface area contributed by atoms with Crippen molar-refractivity contribution in [1.82, 2.24) is 19.8 Å². The molecule has 0 unspecified atom stereocenters. The molecule has 1 fully saturated rings. The van der Waals surface area contributed by atoms with Gasteiger partial charge in [-0.05, 0) is 19.1 Å². The first kappa shape index (κ1) is 15.1. The van der Waals surface area contributed by atoms with E-state index >= 15 is 0 Å². The van der Waals surface area contributed by atoms with Crippen LogP contribution in [0.3, 0.4) is 0 Å². The van der Waals surface area contributed by atoms with Crippen molar-refractivity contribution in [3.63, 3.8) is 0 Å². The molecule has 0 bridgehead atoms. The molecule has 1 aromatic heterocycles. The maximum atomic E-state index is 12.7. The van der Waals surface area contributed by atoms with Crippen molar-refractivity contribution in [2.24, 2.45) is 0 Å². The van der Waals surface area contributed by atoms with Crippen molar-refractivity contribution in [2.75, 3.05) is 32.8 Å². The smallest absolute Gasteiger partial charge is 0.409 e. The minimum Gasteiger partial charge on any atom is -0.450 e. The highest BCUT2D eigenvalue weighted by Crippen LogP contribution is 2.16. The van der Waals surface area contributed by atoms with Crippen molar-refractivity contribution in [3.05, 3.63) is 34.2 Å². The molecular weight excluding hydrogens is 300 g/mol. The van der Waals surface area contributed by atoms with E-state index < -0.39 is 0 Å². The number of hydrogen-bond donors (Lipinski definition) is 2. The van der Waals surface area contributed by atoms with Crippen LogP contribution in [0.5, 0.6) is 0 Å². The molecule has 0 atom stereocenters. The molecule has 23 heavy (non-hydrogen) atoms. The Labute approximate surface area is 132 Å². The van der Waals surface area contributed by atoms with E-state index in [-0.39, 0.29) is 17.7 Å². The summed E-state index contributed by atoms with van der Waals surface area (Å²) in [7, 11) is 0. The van der Waals surface area contributed by atoms with Crippen LogP contribution in [-0.4, -0.2) is 64.6 Å². The number of rotatable bonds is 2. The number of carbonyl (C=O) groups is 2. The van der Waals surface area contributed by atoms with Gasteiger partial charge in [-0.15, -0.1) is 0 Å². The fraction of sp³-hybridized carbons (Fsp3) is 0.400. The maximum Gasteiger partial charge on any atom is 0.409 e. The van der Waals surface area contributed by atoms with Gasteiger partial charge in [-0.25, -0.2) is 9.59 Å². The number of nitrogens with zero attached hydrogens (tertiary/aromatic N) is 2. The number of carbonyl (C=O) groups excluding carboxylic acids is 2. The molecular formula is C15H18N4O4. The van der Waals surface area contributed by atoms with Gasteiger partial charge in [0.2, 0.25) is 0 Å². The van der Waals surface area contributed by atoms with Gasteiger partial charge in [0.25, 0.3) is 5.91 Å². The molecule has 1 saturated heterocycles. The van der Waals surface area contributed by atoms with Crippen LogP contribution in [0.1, 0.15) is 17.3 Å². The third kappa shape index (κ3) is 2.92. The molecule has 2 N–H and O–H groups in total. The van der Waals surface area contributed by atoms with Gasteiger partial charge < -0.3 is 24.5 Å². The van der Waals surface area contributed by atoms with Gasteiger partial charge in [0.1, 0.15) is 0 Å². The van der Waals surface area contributed by atoms with Gasteiger partial charge in [0.15, 0.2) is 0 Å². The van der Waals surface area contributed by atoms with Crippen LogP contribution in [-0.2, 0) is 4.74 Å². The molecule has 0 spiro atoms. The molecule has 1 aliphatic rings. The van der Waals surface area contributed by atoms with E-state index in [9.17, 15) is 14.4 Å². The van der Waals surface area contributed by atoms with Crippen LogP contribution in [0.15, 0.2) is 23.0 Å². The fourth-order valence-corrected chi connectivity index (χ4v) is 2.71. The second-order valence-electron chi connectivity index (χ2n) is 5.29. The van der Waals surface area contributed by atoms with Crippen LogP contribution in [0.4, 0.5) is 4.79 Å². The second kappa shape index (κ2) is 6.15. The Morgan fingerprint density at radius 3 is 2.52 bits per heavy atom. The SMILES string of the molecule is CCOC(=O)N1CCN(C(=O)c2cccc3[nH]c(=O)[nH]c23)CC1. The first-order valence-corrected chi connectivity index (χ1v) is 7.52. The van der Waals surface area contributed by atoms with Crippen LogP contribution in [0.25, 0.3) is 11.0 Å². The summed E-state index contributed by atoms with van der Waals surface area (Å²) in [6.07, 6.45) is -0.350. The summed E-state index contributed by atoms with van der Waals surface area (Å²) in [5.41, 5.74) is 1.22. The van der Waals surface area contributed by atoms with E-state index in [2.05, 4.69) is 9.97 Å². The Morgan fingerprint density at radius 1 is 1.13 bits per heavy atom. The molecule has 2 amide bonds. The molecule has 0 aliphatic carbocycles.